The van der Waals surface area contributed by atoms with Crippen LogP contribution < -0.4 is 16.4 Å². The third kappa shape index (κ3) is 7.54. The van der Waals surface area contributed by atoms with E-state index in [-0.39, 0.29) is 17.9 Å². The van der Waals surface area contributed by atoms with Gasteiger partial charge in [-0.15, -0.1) is 0 Å². The fourth-order valence-corrected chi connectivity index (χ4v) is 2.34. The van der Waals surface area contributed by atoms with E-state index in [9.17, 15) is 24.3 Å². The number of carbonyl (C=O) groups excluding carboxylic acids is 2. The average Bonchev–Trinajstić information content (AvgIpc) is 2.59. The van der Waals surface area contributed by atoms with Crippen LogP contribution in [0.15, 0.2) is 24.3 Å². The van der Waals surface area contributed by atoms with Gasteiger partial charge in [0, 0.05) is 12.2 Å². The molecule has 10 nitrogen and oxygen atoms in total. The zero-order valence-electron chi connectivity index (χ0n) is 14.2. The van der Waals surface area contributed by atoms with Crippen LogP contribution >= 0.6 is 12.6 Å². The minimum absolute atomic E-state index is 0.00767. The molecule has 1 rings (SSSR count). The lowest BCUT2D eigenvalue weighted by molar-refractivity contribution is -0.142. The fraction of sp³-hybridized carbons (Fsp3) is 0.375. The van der Waals surface area contributed by atoms with E-state index in [4.69, 9.17) is 15.9 Å². The van der Waals surface area contributed by atoms with Crippen molar-refractivity contribution in [3.05, 3.63) is 29.8 Å². The van der Waals surface area contributed by atoms with Crippen LogP contribution in [0.4, 0.5) is 0 Å². The molecule has 3 atom stereocenters. The van der Waals surface area contributed by atoms with Crippen molar-refractivity contribution < 1.29 is 34.5 Å². The molecular formula is C16H21N3O7S. The van der Waals surface area contributed by atoms with Gasteiger partial charge in [-0.1, -0.05) is 12.1 Å². The molecule has 0 bridgehead atoms. The van der Waals surface area contributed by atoms with Crippen molar-refractivity contribution in [3.63, 3.8) is 0 Å². The first-order valence-electron chi connectivity index (χ1n) is 7.83. The monoisotopic (exact) mass is 399 g/mol. The van der Waals surface area contributed by atoms with Gasteiger partial charge in [-0.05, 0) is 17.7 Å². The summed E-state index contributed by atoms with van der Waals surface area (Å²) in [7, 11) is 0. The highest BCUT2D eigenvalue weighted by Gasteiger charge is 2.28. The zero-order valence-corrected chi connectivity index (χ0v) is 15.1. The van der Waals surface area contributed by atoms with Crippen LogP contribution in [0.25, 0.3) is 0 Å². The smallest absolute Gasteiger partial charge is 0.327 e. The third-order valence-electron chi connectivity index (χ3n) is 3.54. The van der Waals surface area contributed by atoms with Crippen LogP contribution in [0.2, 0.25) is 0 Å². The van der Waals surface area contributed by atoms with Gasteiger partial charge in [0.05, 0.1) is 12.5 Å². The van der Waals surface area contributed by atoms with Crippen molar-refractivity contribution in [2.45, 2.75) is 31.0 Å². The first kappa shape index (κ1) is 22.3. The Morgan fingerprint density at radius 1 is 1.00 bits per heavy atom. The molecule has 0 aliphatic carbocycles. The molecule has 11 heteroatoms. The third-order valence-corrected chi connectivity index (χ3v) is 3.90. The summed E-state index contributed by atoms with van der Waals surface area (Å²) >= 11 is 3.85. The van der Waals surface area contributed by atoms with Gasteiger partial charge in [0.1, 0.15) is 17.8 Å². The lowest BCUT2D eigenvalue weighted by Crippen LogP contribution is -2.55. The number of hydrogen-bond donors (Lipinski definition) is 7. The molecular weight excluding hydrogens is 378 g/mol. The maximum absolute atomic E-state index is 12.4. The number of aliphatic carboxylic acids is 2. The number of carbonyl (C=O) groups is 4. The minimum Gasteiger partial charge on any atom is -0.508 e. The number of aromatic hydroxyl groups is 1. The molecule has 0 fully saturated rings. The topological polar surface area (TPSA) is 179 Å². The predicted molar refractivity (Wildman–Crippen MR) is 97.4 cm³/mol. The Bertz CT molecular complexity index is 696. The summed E-state index contributed by atoms with van der Waals surface area (Å²) in [5.74, 6) is -4.39. The molecule has 2 amide bonds. The minimum atomic E-state index is -1.38. The second kappa shape index (κ2) is 10.4. The number of phenolic OH excluding ortho intramolecular Hbond substituents is 1. The summed E-state index contributed by atoms with van der Waals surface area (Å²) < 4.78 is 0. The molecule has 7 N–H and O–H groups in total. The van der Waals surface area contributed by atoms with E-state index >= 15 is 0 Å². The SMILES string of the molecule is N[C@@H](CC(=O)O)C(=O)N[C@H](Cc1ccc(O)cc1)C(=O)N[C@@H](CS)C(=O)O. The highest BCUT2D eigenvalue weighted by molar-refractivity contribution is 7.80. The van der Waals surface area contributed by atoms with Crippen molar-refractivity contribution in [1.29, 1.82) is 0 Å². The molecule has 0 saturated heterocycles. The zero-order chi connectivity index (χ0) is 20.6. The van der Waals surface area contributed by atoms with Crippen LogP contribution in [0, 0.1) is 0 Å². The van der Waals surface area contributed by atoms with E-state index in [0.717, 1.165) is 0 Å². The molecule has 27 heavy (non-hydrogen) atoms. The Balaban J connectivity index is 2.95. The van der Waals surface area contributed by atoms with E-state index in [1.54, 1.807) is 0 Å². The Kier molecular flexibility index (Phi) is 8.56. The number of nitrogens with one attached hydrogen (secondary N) is 2. The first-order valence-corrected chi connectivity index (χ1v) is 8.47. The molecule has 0 aliphatic heterocycles. The molecule has 0 aliphatic rings. The molecule has 0 saturated carbocycles. The Morgan fingerprint density at radius 3 is 2.04 bits per heavy atom. The molecule has 0 heterocycles. The quantitative estimate of drug-likeness (QED) is 0.238. The summed E-state index contributed by atoms with van der Waals surface area (Å²) in [6.07, 6.45) is -0.662. The standard InChI is InChI=1S/C16H21N3O7S/c17-10(6-13(21)22)14(23)18-11(5-8-1-3-9(20)4-2-8)15(24)19-12(7-27)16(25)26/h1-4,10-12,20,27H,5-7,17H2,(H,18,23)(H,19,24)(H,21,22)(H,25,26)/t10-,11+,12-/m0/s1. The fourth-order valence-electron chi connectivity index (χ4n) is 2.09. The van der Waals surface area contributed by atoms with Crippen LogP contribution in [-0.2, 0) is 25.6 Å². The van der Waals surface area contributed by atoms with Gasteiger partial charge in [-0.2, -0.15) is 12.6 Å². The van der Waals surface area contributed by atoms with E-state index in [2.05, 4.69) is 23.3 Å². The average molecular weight is 399 g/mol. The largest absolute Gasteiger partial charge is 0.508 e. The van der Waals surface area contributed by atoms with Gasteiger partial charge < -0.3 is 31.7 Å². The van der Waals surface area contributed by atoms with Gasteiger partial charge in [-0.25, -0.2) is 4.79 Å². The lowest BCUT2D eigenvalue weighted by atomic mass is 10.0. The van der Waals surface area contributed by atoms with Crippen molar-refractivity contribution >= 4 is 36.4 Å². The van der Waals surface area contributed by atoms with Crippen LogP contribution in [-0.4, -0.2) is 63.0 Å². The highest BCUT2D eigenvalue weighted by atomic mass is 32.1. The van der Waals surface area contributed by atoms with Gasteiger partial charge in [0.25, 0.3) is 0 Å². The van der Waals surface area contributed by atoms with Gasteiger partial charge in [0.2, 0.25) is 11.8 Å². The Hall–Kier alpha value is -2.79. The number of carboxylic acid groups (broad SMARTS) is 2. The lowest BCUT2D eigenvalue weighted by Gasteiger charge is -2.22. The number of nitrogens with two attached hydrogens (primary N) is 1. The van der Waals surface area contributed by atoms with Crippen molar-refractivity contribution in [2.75, 3.05) is 5.75 Å². The van der Waals surface area contributed by atoms with Crippen molar-refractivity contribution in [3.8, 4) is 5.75 Å². The number of benzene rings is 1. The summed E-state index contributed by atoms with van der Waals surface area (Å²) in [5.41, 5.74) is 6.06. The second-order valence-corrected chi connectivity index (χ2v) is 6.08. The molecule has 1 aromatic carbocycles. The molecule has 1 aromatic rings. The number of carboxylic acids is 2. The van der Waals surface area contributed by atoms with Crippen LogP contribution in [0.3, 0.4) is 0 Å². The van der Waals surface area contributed by atoms with Crippen molar-refractivity contribution in [1.82, 2.24) is 10.6 Å². The molecule has 0 spiro atoms. The predicted octanol–water partition coefficient (Wildman–Crippen LogP) is -1.28. The summed E-state index contributed by atoms with van der Waals surface area (Å²) in [4.78, 5) is 46.3. The number of hydrogen-bond acceptors (Lipinski definition) is 7. The number of thiol groups is 1. The molecule has 148 valence electrons. The van der Waals surface area contributed by atoms with Gasteiger partial charge in [-0.3, -0.25) is 14.4 Å². The molecule has 0 radical (unpaired) electrons. The maximum atomic E-state index is 12.4. The van der Waals surface area contributed by atoms with E-state index in [1.165, 1.54) is 24.3 Å². The number of amides is 2. The van der Waals surface area contributed by atoms with Gasteiger partial charge >= 0.3 is 11.9 Å². The van der Waals surface area contributed by atoms with Crippen LogP contribution in [0.5, 0.6) is 5.75 Å². The number of phenols is 1. The van der Waals surface area contributed by atoms with E-state index in [1.807, 2.05) is 0 Å². The Morgan fingerprint density at radius 2 is 1.56 bits per heavy atom. The second-order valence-electron chi connectivity index (χ2n) is 5.72. The normalized spacial score (nSPS) is 13.9. The summed E-state index contributed by atoms with van der Waals surface area (Å²) in [5, 5.41) is 31.6. The molecule has 0 aromatic heterocycles. The van der Waals surface area contributed by atoms with E-state index < -0.39 is 48.3 Å². The highest BCUT2D eigenvalue weighted by Crippen LogP contribution is 2.12. The van der Waals surface area contributed by atoms with Gasteiger partial charge in [0.15, 0.2) is 0 Å². The molecule has 0 unspecified atom stereocenters. The Labute approximate surface area is 160 Å². The maximum Gasteiger partial charge on any atom is 0.327 e. The van der Waals surface area contributed by atoms with E-state index in [0.29, 0.717) is 5.56 Å². The number of rotatable bonds is 10. The van der Waals surface area contributed by atoms with Crippen molar-refractivity contribution in [2.24, 2.45) is 5.73 Å². The first-order chi connectivity index (χ1) is 12.6. The summed E-state index contributed by atoms with van der Waals surface area (Å²) in [6, 6.07) is 1.96. The van der Waals surface area contributed by atoms with Crippen LogP contribution in [0.1, 0.15) is 12.0 Å². The summed E-state index contributed by atoms with van der Waals surface area (Å²) in [6.45, 7) is 0.